The number of nitrogens with two attached hydrogens (primary N) is 1. The summed E-state index contributed by atoms with van der Waals surface area (Å²) in [6, 6.07) is 10.7. The fourth-order valence-electron chi connectivity index (χ4n) is 2.40. The molecule has 1 atom stereocenters. The van der Waals surface area contributed by atoms with Crippen molar-refractivity contribution in [3.63, 3.8) is 0 Å². The van der Waals surface area contributed by atoms with Gasteiger partial charge in [0, 0.05) is 10.0 Å². The molecule has 21 heavy (non-hydrogen) atoms. The van der Waals surface area contributed by atoms with Crippen molar-refractivity contribution in [1.29, 1.82) is 0 Å². The van der Waals surface area contributed by atoms with E-state index in [1.807, 2.05) is 24.3 Å². The first-order valence-corrected chi connectivity index (χ1v) is 7.89. The highest BCUT2D eigenvalue weighted by Gasteiger charge is 2.24. The van der Waals surface area contributed by atoms with Gasteiger partial charge in [0.15, 0.2) is 0 Å². The van der Waals surface area contributed by atoms with Crippen molar-refractivity contribution >= 4 is 27.5 Å². The Morgan fingerprint density at radius 2 is 1.71 bits per heavy atom. The van der Waals surface area contributed by atoms with Crippen LogP contribution in [0.1, 0.15) is 43.5 Å². The molecule has 0 heterocycles. The van der Waals surface area contributed by atoms with Gasteiger partial charge in [0.2, 0.25) is 0 Å². The van der Waals surface area contributed by atoms with Crippen LogP contribution in [0.15, 0.2) is 40.9 Å². The molecule has 0 saturated carbocycles. The van der Waals surface area contributed by atoms with Crippen molar-refractivity contribution in [1.82, 2.24) is 0 Å². The highest BCUT2D eigenvalue weighted by atomic mass is 79.9. The minimum Gasteiger partial charge on any atom is -0.320 e. The van der Waals surface area contributed by atoms with Crippen LogP contribution in [0.25, 0.3) is 0 Å². The highest BCUT2D eigenvalue weighted by Crippen LogP contribution is 2.35. The van der Waals surface area contributed by atoms with Crippen LogP contribution in [0.4, 0.5) is 4.39 Å². The zero-order valence-corrected chi connectivity index (χ0v) is 14.6. The van der Waals surface area contributed by atoms with Crippen molar-refractivity contribution in [2.24, 2.45) is 5.73 Å². The van der Waals surface area contributed by atoms with E-state index in [9.17, 15) is 4.39 Å². The molecule has 2 N–H and O–H groups in total. The summed E-state index contributed by atoms with van der Waals surface area (Å²) in [7, 11) is 0. The first kappa shape index (κ1) is 16.5. The molecule has 0 fully saturated rings. The summed E-state index contributed by atoms with van der Waals surface area (Å²) in [6.07, 6.45) is 0. The molecule has 0 aliphatic rings. The second-order valence-electron chi connectivity index (χ2n) is 6.08. The van der Waals surface area contributed by atoms with Gasteiger partial charge in [-0.1, -0.05) is 62.7 Å². The zero-order chi connectivity index (χ0) is 15.8. The minimum atomic E-state index is -0.550. The van der Waals surface area contributed by atoms with Crippen LogP contribution in [0.3, 0.4) is 0 Å². The third kappa shape index (κ3) is 3.31. The Morgan fingerprint density at radius 1 is 1.10 bits per heavy atom. The zero-order valence-electron chi connectivity index (χ0n) is 12.3. The van der Waals surface area contributed by atoms with Gasteiger partial charge >= 0.3 is 0 Å². The van der Waals surface area contributed by atoms with Crippen molar-refractivity contribution < 1.29 is 4.39 Å². The van der Waals surface area contributed by atoms with Gasteiger partial charge in [-0.3, -0.25) is 0 Å². The SMILES string of the molecule is CC(C)(C)c1ccccc1C(N)c1ccc(Br)c(Cl)c1F. The second kappa shape index (κ2) is 6.07. The topological polar surface area (TPSA) is 26.0 Å². The Labute approximate surface area is 138 Å². The molecule has 2 aromatic rings. The van der Waals surface area contributed by atoms with E-state index in [1.165, 1.54) is 0 Å². The molecule has 1 nitrogen and oxygen atoms in total. The van der Waals surface area contributed by atoms with Crippen LogP contribution >= 0.6 is 27.5 Å². The van der Waals surface area contributed by atoms with Crippen LogP contribution in [0.5, 0.6) is 0 Å². The summed E-state index contributed by atoms with van der Waals surface area (Å²) in [5, 5.41) is 0.0659. The molecular formula is C17H18BrClFN. The van der Waals surface area contributed by atoms with Gasteiger partial charge in [-0.2, -0.15) is 0 Å². The van der Waals surface area contributed by atoms with Gasteiger partial charge in [0.25, 0.3) is 0 Å². The molecule has 0 amide bonds. The lowest BCUT2D eigenvalue weighted by molar-refractivity contribution is 0.568. The van der Waals surface area contributed by atoms with Crippen molar-refractivity contribution in [2.45, 2.75) is 32.2 Å². The molecule has 0 radical (unpaired) electrons. The molecule has 0 saturated heterocycles. The molecule has 0 spiro atoms. The summed E-state index contributed by atoms with van der Waals surface area (Å²) < 4.78 is 14.9. The lowest BCUT2D eigenvalue weighted by Crippen LogP contribution is -2.21. The van der Waals surface area contributed by atoms with E-state index in [2.05, 4.69) is 36.7 Å². The number of halogens is 3. The van der Waals surface area contributed by atoms with Crippen LogP contribution in [-0.4, -0.2) is 0 Å². The predicted octanol–water partition coefficient (Wildman–Crippen LogP) is 5.59. The Balaban J connectivity index is 2.56. The molecule has 2 rings (SSSR count). The molecule has 4 heteroatoms. The van der Waals surface area contributed by atoms with Crippen LogP contribution in [0, 0.1) is 5.82 Å². The first-order valence-electron chi connectivity index (χ1n) is 6.72. The monoisotopic (exact) mass is 369 g/mol. The summed E-state index contributed by atoms with van der Waals surface area (Å²) in [4.78, 5) is 0. The van der Waals surface area contributed by atoms with E-state index in [4.69, 9.17) is 17.3 Å². The van der Waals surface area contributed by atoms with Crippen molar-refractivity contribution in [3.8, 4) is 0 Å². The Morgan fingerprint density at radius 3 is 2.33 bits per heavy atom. The second-order valence-corrected chi connectivity index (χ2v) is 7.31. The third-order valence-electron chi connectivity index (χ3n) is 3.50. The van der Waals surface area contributed by atoms with Crippen molar-refractivity contribution in [3.05, 3.63) is 68.4 Å². The van der Waals surface area contributed by atoms with E-state index in [1.54, 1.807) is 12.1 Å². The summed E-state index contributed by atoms with van der Waals surface area (Å²) >= 11 is 9.19. The van der Waals surface area contributed by atoms with Gasteiger partial charge in [-0.15, -0.1) is 0 Å². The quantitative estimate of drug-likeness (QED) is 0.685. The molecule has 0 aliphatic heterocycles. The number of hydrogen-bond acceptors (Lipinski definition) is 1. The average molecular weight is 371 g/mol. The molecule has 2 aromatic carbocycles. The lowest BCUT2D eigenvalue weighted by atomic mass is 9.81. The molecule has 0 aromatic heterocycles. The van der Waals surface area contributed by atoms with E-state index >= 15 is 0 Å². The number of rotatable bonds is 2. The van der Waals surface area contributed by atoms with E-state index < -0.39 is 11.9 Å². The molecule has 1 unspecified atom stereocenters. The van der Waals surface area contributed by atoms with Crippen LogP contribution in [-0.2, 0) is 5.41 Å². The van der Waals surface area contributed by atoms with Crippen molar-refractivity contribution in [2.75, 3.05) is 0 Å². The summed E-state index contributed by atoms with van der Waals surface area (Å²) in [5.41, 5.74) is 8.68. The minimum absolute atomic E-state index is 0.0656. The maximum Gasteiger partial charge on any atom is 0.148 e. The fourth-order valence-corrected chi connectivity index (χ4v) is 2.88. The number of benzene rings is 2. The van der Waals surface area contributed by atoms with E-state index in [-0.39, 0.29) is 10.4 Å². The largest absolute Gasteiger partial charge is 0.320 e. The van der Waals surface area contributed by atoms with Gasteiger partial charge < -0.3 is 5.73 Å². The summed E-state index contributed by atoms with van der Waals surface area (Å²) in [6.45, 7) is 6.34. The molecular weight excluding hydrogens is 353 g/mol. The van der Waals surface area contributed by atoms with Gasteiger partial charge in [-0.05, 0) is 38.5 Å². The maximum atomic E-state index is 14.4. The lowest BCUT2D eigenvalue weighted by Gasteiger charge is -2.26. The Hall–Kier alpha value is -0.900. The van der Waals surface area contributed by atoms with E-state index in [0.717, 1.165) is 11.1 Å². The number of hydrogen-bond donors (Lipinski definition) is 1. The van der Waals surface area contributed by atoms with E-state index in [0.29, 0.717) is 10.0 Å². The normalized spacial score (nSPS) is 13.3. The highest BCUT2D eigenvalue weighted by molar-refractivity contribution is 9.10. The maximum absolute atomic E-state index is 14.4. The molecule has 112 valence electrons. The van der Waals surface area contributed by atoms with Crippen LogP contribution < -0.4 is 5.73 Å². The fraction of sp³-hybridized carbons (Fsp3) is 0.294. The summed E-state index contributed by atoms with van der Waals surface area (Å²) in [5.74, 6) is -0.470. The third-order valence-corrected chi connectivity index (χ3v) is 4.76. The Bertz CT molecular complexity index is 664. The average Bonchev–Trinajstić information content (AvgIpc) is 2.43. The first-order chi connectivity index (χ1) is 9.73. The molecule has 0 aliphatic carbocycles. The smallest absolute Gasteiger partial charge is 0.148 e. The standard InChI is InChI=1S/C17H18BrClFN/c1-17(2,3)12-7-5-4-6-10(12)16(21)11-8-9-13(18)14(19)15(11)20/h4-9,16H,21H2,1-3H3. The molecule has 0 bridgehead atoms. The van der Waals surface area contributed by atoms with Gasteiger partial charge in [0.1, 0.15) is 5.82 Å². The van der Waals surface area contributed by atoms with Gasteiger partial charge in [0.05, 0.1) is 11.1 Å². The van der Waals surface area contributed by atoms with Gasteiger partial charge in [-0.25, -0.2) is 4.39 Å². The predicted molar refractivity (Wildman–Crippen MR) is 90.3 cm³/mol. The van der Waals surface area contributed by atoms with Crippen LogP contribution in [0.2, 0.25) is 5.02 Å². The Kier molecular flexibility index (Phi) is 4.76.